The van der Waals surface area contributed by atoms with Crippen molar-refractivity contribution < 1.29 is 4.79 Å². The Balaban J connectivity index is 1.66. The van der Waals surface area contributed by atoms with Crippen LogP contribution in [0.15, 0.2) is 0 Å². The maximum atomic E-state index is 11.3. The maximum absolute atomic E-state index is 11.3. The van der Waals surface area contributed by atoms with Crippen molar-refractivity contribution in [2.45, 2.75) is 31.7 Å². The molecule has 2 saturated carbocycles. The number of amides is 1. The van der Waals surface area contributed by atoms with E-state index in [1.165, 1.54) is 25.7 Å². The molecule has 2 rings (SSSR count). The van der Waals surface area contributed by atoms with E-state index in [0.29, 0.717) is 12.6 Å². The summed E-state index contributed by atoms with van der Waals surface area (Å²) in [4.78, 5) is 11.3. The Hall–Kier alpha value is -1.08. The first-order chi connectivity index (χ1) is 7.31. The van der Waals surface area contributed by atoms with Gasteiger partial charge in [-0.3, -0.25) is 4.79 Å². The van der Waals surface area contributed by atoms with E-state index in [1.54, 1.807) is 0 Å². The zero-order valence-corrected chi connectivity index (χ0v) is 8.83. The Kier molecular flexibility index (Phi) is 3.22. The molecule has 2 aliphatic carbocycles. The largest absolute Gasteiger partial charge is 0.342 e. The summed E-state index contributed by atoms with van der Waals surface area (Å²) in [6.45, 7) is 0.470. The van der Waals surface area contributed by atoms with Crippen LogP contribution in [0.3, 0.4) is 0 Å². The predicted octanol–water partition coefficient (Wildman–Crippen LogP) is 0.404. The number of nitrogens with one attached hydrogen (secondary N) is 2. The van der Waals surface area contributed by atoms with E-state index in [0.717, 1.165) is 11.8 Å². The van der Waals surface area contributed by atoms with Gasteiger partial charge in [-0.1, -0.05) is 0 Å². The van der Waals surface area contributed by atoms with Gasteiger partial charge in [-0.15, -0.1) is 0 Å². The number of carbonyl (C=O) groups excluding carboxylic acids is 1. The molecule has 0 spiro atoms. The van der Waals surface area contributed by atoms with Crippen molar-refractivity contribution in [1.82, 2.24) is 10.6 Å². The minimum Gasteiger partial charge on any atom is -0.342 e. The lowest BCUT2D eigenvalue weighted by molar-refractivity contribution is -0.120. The van der Waals surface area contributed by atoms with Crippen molar-refractivity contribution in [1.29, 1.82) is 5.26 Å². The van der Waals surface area contributed by atoms with Gasteiger partial charge in [0.2, 0.25) is 5.91 Å². The van der Waals surface area contributed by atoms with Gasteiger partial charge in [-0.05, 0) is 37.5 Å². The average Bonchev–Trinajstić information content (AvgIpc) is 3.05. The van der Waals surface area contributed by atoms with Crippen molar-refractivity contribution in [2.24, 2.45) is 11.8 Å². The van der Waals surface area contributed by atoms with Crippen molar-refractivity contribution in [2.75, 3.05) is 13.1 Å². The lowest BCUT2D eigenvalue weighted by Crippen LogP contribution is -2.41. The molecule has 0 atom stereocenters. The second-order valence-corrected chi connectivity index (χ2v) is 4.52. The molecule has 1 amide bonds. The van der Waals surface area contributed by atoms with Gasteiger partial charge in [-0.2, -0.15) is 5.26 Å². The molecule has 0 radical (unpaired) electrons. The minimum atomic E-state index is -0.0668. The van der Waals surface area contributed by atoms with Crippen LogP contribution in [0.25, 0.3) is 0 Å². The smallest absolute Gasteiger partial charge is 0.234 e. The highest BCUT2D eigenvalue weighted by Gasteiger charge is 2.41. The lowest BCUT2D eigenvalue weighted by Gasteiger charge is -2.16. The molecule has 0 unspecified atom stereocenters. The van der Waals surface area contributed by atoms with Crippen LogP contribution in [0.2, 0.25) is 0 Å². The summed E-state index contributed by atoms with van der Waals surface area (Å²) in [6.07, 6.45) is 5.25. The summed E-state index contributed by atoms with van der Waals surface area (Å²) in [5, 5.41) is 14.2. The van der Waals surface area contributed by atoms with Crippen LogP contribution in [-0.4, -0.2) is 25.0 Å². The Labute approximate surface area is 90.0 Å². The van der Waals surface area contributed by atoms with Crippen LogP contribution < -0.4 is 10.6 Å². The SMILES string of the molecule is N#CCNC(=O)CNC(C1CC1)C1CC1. The first kappa shape index (κ1) is 10.4. The number of nitriles is 1. The Morgan fingerprint density at radius 2 is 1.93 bits per heavy atom. The van der Waals surface area contributed by atoms with Gasteiger partial charge < -0.3 is 10.6 Å². The number of hydrogen-bond acceptors (Lipinski definition) is 3. The van der Waals surface area contributed by atoms with Crippen LogP contribution in [0.1, 0.15) is 25.7 Å². The first-order valence-electron chi connectivity index (χ1n) is 5.68. The molecular weight excluding hydrogens is 190 g/mol. The molecular formula is C11H17N3O. The van der Waals surface area contributed by atoms with E-state index in [2.05, 4.69) is 10.6 Å². The van der Waals surface area contributed by atoms with Crippen molar-refractivity contribution in [3.63, 3.8) is 0 Å². The third-order valence-corrected chi connectivity index (χ3v) is 3.12. The van der Waals surface area contributed by atoms with Gasteiger partial charge in [-0.25, -0.2) is 0 Å². The quantitative estimate of drug-likeness (QED) is 0.620. The molecule has 0 aliphatic heterocycles. The van der Waals surface area contributed by atoms with E-state index in [4.69, 9.17) is 5.26 Å². The van der Waals surface area contributed by atoms with Gasteiger partial charge in [0, 0.05) is 6.04 Å². The summed E-state index contributed by atoms with van der Waals surface area (Å²) < 4.78 is 0. The molecule has 0 heterocycles. The highest BCUT2D eigenvalue weighted by Crippen LogP contribution is 2.44. The molecule has 82 valence electrons. The van der Waals surface area contributed by atoms with Gasteiger partial charge in [0.1, 0.15) is 6.54 Å². The summed E-state index contributed by atoms with van der Waals surface area (Å²) in [6, 6.07) is 2.45. The molecule has 4 heteroatoms. The van der Waals surface area contributed by atoms with Crippen LogP contribution in [0.5, 0.6) is 0 Å². The summed E-state index contributed by atoms with van der Waals surface area (Å²) in [7, 11) is 0. The number of hydrogen-bond donors (Lipinski definition) is 2. The monoisotopic (exact) mass is 207 g/mol. The molecule has 0 bridgehead atoms. The zero-order valence-electron chi connectivity index (χ0n) is 8.83. The topological polar surface area (TPSA) is 64.9 Å². The third kappa shape index (κ3) is 3.21. The number of nitrogens with zero attached hydrogens (tertiary/aromatic N) is 1. The molecule has 2 fully saturated rings. The Morgan fingerprint density at radius 3 is 2.40 bits per heavy atom. The second-order valence-electron chi connectivity index (χ2n) is 4.52. The van der Waals surface area contributed by atoms with E-state index < -0.39 is 0 Å². The predicted molar refractivity (Wildman–Crippen MR) is 55.9 cm³/mol. The maximum Gasteiger partial charge on any atom is 0.234 e. The normalized spacial score (nSPS) is 20.0. The van der Waals surface area contributed by atoms with Crippen molar-refractivity contribution in [3.8, 4) is 6.07 Å². The zero-order chi connectivity index (χ0) is 10.7. The van der Waals surface area contributed by atoms with Gasteiger partial charge in [0.05, 0.1) is 12.6 Å². The van der Waals surface area contributed by atoms with Gasteiger partial charge in [0.15, 0.2) is 0 Å². The van der Waals surface area contributed by atoms with Crippen LogP contribution >= 0.6 is 0 Å². The van der Waals surface area contributed by atoms with E-state index in [1.807, 2.05) is 6.07 Å². The van der Waals surface area contributed by atoms with Crippen molar-refractivity contribution >= 4 is 5.91 Å². The standard InChI is InChI=1S/C11H17N3O/c12-5-6-13-10(15)7-14-11(8-1-2-8)9-3-4-9/h8-9,11,14H,1-4,6-7H2,(H,13,15). The van der Waals surface area contributed by atoms with Crippen LogP contribution in [0.4, 0.5) is 0 Å². The molecule has 0 aromatic rings. The molecule has 0 aromatic heterocycles. The highest BCUT2D eigenvalue weighted by atomic mass is 16.1. The molecule has 4 nitrogen and oxygen atoms in total. The van der Waals surface area contributed by atoms with E-state index in [9.17, 15) is 4.79 Å². The van der Waals surface area contributed by atoms with Gasteiger partial charge >= 0.3 is 0 Å². The number of rotatable bonds is 6. The van der Waals surface area contributed by atoms with Crippen LogP contribution in [-0.2, 0) is 4.79 Å². The number of carbonyl (C=O) groups is 1. The van der Waals surface area contributed by atoms with Gasteiger partial charge in [0.25, 0.3) is 0 Å². The highest BCUT2D eigenvalue weighted by molar-refractivity contribution is 5.78. The van der Waals surface area contributed by atoms with Crippen LogP contribution in [0, 0.1) is 23.2 Å². The second kappa shape index (κ2) is 4.63. The Bertz CT molecular complexity index is 264. The summed E-state index contributed by atoms with van der Waals surface area (Å²) >= 11 is 0. The Morgan fingerprint density at radius 1 is 1.33 bits per heavy atom. The lowest BCUT2D eigenvalue weighted by atomic mass is 10.1. The van der Waals surface area contributed by atoms with Crippen molar-refractivity contribution in [3.05, 3.63) is 0 Å². The molecule has 15 heavy (non-hydrogen) atoms. The molecule has 2 aliphatic rings. The third-order valence-electron chi connectivity index (χ3n) is 3.12. The average molecular weight is 207 g/mol. The fraction of sp³-hybridized carbons (Fsp3) is 0.818. The molecule has 0 aromatic carbocycles. The fourth-order valence-corrected chi connectivity index (χ4v) is 2.04. The summed E-state index contributed by atoms with van der Waals surface area (Å²) in [5.41, 5.74) is 0. The summed E-state index contributed by atoms with van der Waals surface area (Å²) in [5.74, 6) is 1.55. The van der Waals surface area contributed by atoms with E-state index >= 15 is 0 Å². The molecule has 0 saturated heterocycles. The first-order valence-corrected chi connectivity index (χ1v) is 5.68. The molecule has 2 N–H and O–H groups in total. The fourth-order valence-electron chi connectivity index (χ4n) is 2.04. The van der Waals surface area contributed by atoms with E-state index in [-0.39, 0.29) is 12.5 Å². The minimum absolute atomic E-state index is 0.0668.